The first-order valence-electron chi connectivity index (χ1n) is 10.5. The second-order valence-electron chi connectivity index (χ2n) is 7.32. The molecule has 0 aliphatic heterocycles. The van der Waals surface area contributed by atoms with Crippen molar-refractivity contribution in [1.82, 2.24) is 20.1 Å². The zero-order chi connectivity index (χ0) is 24.1. The summed E-state index contributed by atoms with van der Waals surface area (Å²) < 4.78 is 1.87. The van der Waals surface area contributed by atoms with Gasteiger partial charge in [-0.05, 0) is 36.6 Å². The Bertz CT molecular complexity index is 1350. The number of carbonyl (C=O) groups is 2. The standard InChI is InChI=1S/C24H21Cl2N5O2S/c1-2-31-21(13-27-23(33)16-10-11-18(25)19(26)12-16)29-30-24(31)34-14-22(32)28-20-9-5-7-15-6-3-4-8-17(15)20/h3-12H,2,13-14H2,1H3,(H,27,33)(H,28,32). The first-order valence-corrected chi connectivity index (χ1v) is 12.3. The zero-order valence-electron chi connectivity index (χ0n) is 18.2. The summed E-state index contributed by atoms with van der Waals surface area (Å²) in [5.74, 6) is 0.332. The molecule has 0 saturated carbocycles. The molecule has 0 fully saturated rings. The summed E-state index contributed by atoms with van der Waals surface area (Å²) in [7, 11) is 0. The van der Waals surface area contributed by atoms with Crippen LogP contribution in [-0.4, -0.2) is 32.3 Å². The number of anilines is 1. The van der Waals surface area contributed by atoms with Crippen LogP contribution in [0.25, 0.3) is 10.8 Å². The van der Waals surface area contributed by atoms with Gasteiger partial charge in [-0.3, -0.25) is 9.59 Å². The van der Waals surface area contributed by atoms with Crippen molar-refractivity contribution in [3.63, 3.8) is 0 Å². The minimum atomic E-state index is -0.298. The molecule has 174 valence electrons. The van der Waals surface area contributed by atoms with Gasteiger partial charge in [0.25, 0.3) is 5.91 Å². The number of benzene rings is 3. The maximum absolute atomic E-state index is 12.6. The molecule has 3 aromatic carbocycles. The summed E-state index contributed by atoms with van der Waals surface area (Å²) in [6, 6.07) is 18.4. The van der Waals surface area contributed by atoms with E-state index in [1.54, 1.807) is 12.1 Å². The number of carbonyl (C=O) groups excluding carboxylic acids is 2. The Morgan fingerprint density at radius 1 is 1.00 bits per heavy atom. The first kappa shape index (κ1) is 24.1. The van der Waals surface area contributed by atoms with E-state index >= 15 is 0 Å². The number of nitrogens with one attached hydrogen (secondary N) is 2. The molecule has 0 aliphatic carbocycles. The third-order valence-electron chi connectivity index (χ3n) is 5.09. The van der Waals surface area contributed by atoms with E-state index in [2.05, 4.69) is 20.8 Å². The van der Waals surface area contributed by atoms with Gasteiger partial charge >= 0.3 is 0 Å². The van der Waals surface area contributed by atoms with Crippen LogP contribution >= 0.6 is 35.0 Å². The topological polar surface area (TPSA) is 88.9 Å². The summed E-state index contributed by atoms with van der Waals surface area (Å²) >= 11 is 13.2. The average Bonchev–Trinajstić information content (AvgIpc) is 3.25. The normalized spacial score (nSPS) is 10.9. The van der Waals surface area contributed by atoms with E-state index in [-0.39, 0.29) is 24.1 Å². The quantitative estimate of drug-likeness (QED) is 0.307. The van der Waals surface area contributed by atoms with E-state index in [1.807, 2.05) is 54.0 Å². The molecule has 4 aromatic rings. The number of rotatable bonds is 8. The molecule has 1 heterocycles. The van der Waals surface area contributed by atoms with Gasteiger partial charge in [0.1, 0.15) is 0 Å². The van der Waals surface area contributed by atoms with Gasteiger partial charge in [-0.25, -0.2) is 0 Å². The third kappa shape index (κ3) is 5.52. The highest BCUT2D eigenvalue weighted by molar-refractivity contribution is 7.99. The smallest absolute Gasteiger partial charge is 0.251 e. The van der Waals surface area contributed by atoms with Gasteiger partial charge in [-0.2, -0.15) is 0 Å². The predicted octanol–water partition coefficient (Wildman–Crippen LogP) is 5.42. The summed E-state index contributed by atoms with van der Waals surface area (Å²) in [5, 5.41) is 17.5. The van der Waals surface area contributed by atoms with Gasteiger partial charge in [-0.15, -0.1) is 10.2 Å². The lowest BCUT2D eigenvalue weighted by molar-refractivity contribution is -0.113. The molecule has 34 heavy (non-hydrogen) atoms. The Labute approximate surface area is 210 Å². The molecule has 0 atom stereocenters. The summed E-state index contributed by atoms with van der Waals surface area (Å²) in [6.07, 6.45) is 0. The second kappa shape index (κ2) is 10.9. The minimum Gasteiger partial charge on any atom is -0.345 e. The lowest BCUT2D eigenvalue weighted by Gasteiger charge is -2.10. The van der Waals surface area contributed by atoms with Crippen LogP contribution in [0.4, 0.5) is 5.69 Å². The van der Waals surface area contributed by atoms with Crippen LogP contribution in [0.1, 0.15) is 23.1 Å². The number of halogens is 2. The van der Waals surface area contributed by atoms with Crippen molar-refractivity contribution < 1.29 is 9.59 Å². The highest BCUT2D eigenvalue weighted by atomic mass is 35.5. The van der Waals surface area contributed by atoms with Crippen LogP contribution in [0.15, 0.2) is 65.8 Å². The maximum atomic E-state index is 12.6. The lowest BCUT2D eigenvalue weighted by Crippen LogP contribution is -2.24. The molecule has 7 nitrogen and oxygen atoms in total. The predicted molar refractivity (Wildman–Crippen MR) is 137 cm³/mol. The minimum absolute atomic E-state index is 0.138. The SMILES string of the molecule is CCn1c(CNC(=O)c2ccc(Cl)c(Cl)c2)nnc1SCC(=O)Nc1cccc2ccccc12. The zero-order valence-corrected chi connectivity index (χ0v) is 20.5. The van der Waals surface area contributed by atoms with Gasteiger partial charge in [-0.1, -0.05) is 71.4 Å². The van der Waals surface area contributed by atoms with E-state index in [0.717, 1.165) is 16.5 Å². The molecule has 2 amide bonds. The van der Waals surface area contributed by atoms with Crippen LogP contribution in [-0.2, 0) is 17.9 Å². The largest absolute Gasteiger partial charge is 0.345 e. The number of thioether (sulfide) groups is 1. The molecule has 0 saturated heterocycles. The van der Waals surface area contributed by atoms with Crippen molar-refractivity contribution >= 4 is 63.2 Å². The van der Waals surface area contributed by atoms with E-state index in [9.17, 15) is 9.59 Å². The number of fused-ring (bicyclic) bond motifs is 1. The second-order valence-corrected chi connectivity index (χ2v) is 9.08. The van der Waals surface area contributed by atoms with Crippen molar-refractivity contribution in [3.8, 4) is 0 Å². The van der Waals surface area contributed by atoms with Crippen LogP contribution in [0, 0.1) is 0 Å². The number of amides is 2. The summed E-state index contributed by atoms with van der Waals surface area (Å²) in [6.45, 7) is 2.73. The molecule has 4 rings (SSSR count). The van der Waals surface area contributed by atoms with Crippen molar-refractivity contribution in [1.29, 1.82) is 0 Å². The molecule has 0 bridgehead atoms. The Morgan fingerprint density at radius 3 is 2.59 bits per heavy atom. The molecular formula is C24H21Cl2N5O2S. The monoisotopic (exact) mass is 513 g/mol. The van der Waals surface area contributed by atoms with Crippen molar-refractivity contribution in [3.05, 3.63) is 82.1 Å². The first-order chi connectivity index (χ1) is 16.5. The lowest BCUT2D eigenvalue weighted by atomic mass is 10.1. The van der Waals surface area contributed by atoms with Crippen LogP contribution < -0.4 is 10.6 Å². The molecule has 0 radical (unpaired) electrons. The number of aromatic nitrogens is 3. The highest BCUT2D eigenvalue weighted by Gasteiger charge is 2.15. The van der Waals surface area contributed by atoms with Gasteiger partial charge in [0, 0.05) is 23.2 Å². The van der Waals surface area contributed by atoms with Crippen LogP contribution in [0.2, 0.25) is 10.0 Å². The fraction of sp³-hybridized carbons (Fsp3) is 0.167. The molecular weight excluding hydrogens is 493 g/mol. The van der Waals surface area contributed by atoms with E-state index in [4.69, 9.17) is 23.2 Å². The highest BCUT2D eigenvalue weighted by Crippen LogP contribution is 2.24. The van der Waals surface area contributed by atoms with Crippen molar-refractivity contribution in [2.75, 3.05) is 11.1 Å². The number of nitrogens with zero attached hydrogens (tertiary/aromatic N) is 3. The number of hydrogen-bond donors (Lipinski definition) is 2. The Balaban J connectivity index is 1.37. The Hall–Kier alpha value is -3.07. The average molecular weight is 514 g/mol. The van der Waals surface area contributed by atoms with Crippen LogP contribution in [0.3, 0.4) is 0 Å². The Morgan fingerprint density at radius 2 is 1.79 bits per heavy atom. The molecule has 2 N–H and O–H groups in total. The van der Waals surface area contributed by atoms with Gasteiger partial charge < -0.3 is 15.2 Å². The molecule has 1 aromatic heterocycles. The molecule has 10 heteroatoms. The molecule has 0 spiro atoms. The molecule has 0 unspecified atom stereocenters. The van der Waals surface area contributed by atoms with Gasteiger partial charge in [0.15, 0.2) is 11.0 Å². The van der Waals surface area contributed by atoms with Gasteiger partial charge in [0.05, 0.1) is 22.3 Å². The Kier molecular flexibility index (Phi) is 7.72. The van der Waals surface area contributed by atoms with E-state index < -0.39 is 0 Å². The summed E-state index contributed by atoms with van der Waals surface area (Å²) in [5.41, 5.74) is 1.17. The van der Waals surface area contributed by atoms with E-state index in [0.29, 0.717) is 33.1 Å². The van der Waals surface area contributed by atoms with E-state index in [1.165, 1.54) is 17.8 Å². The van der Waals surface area contributed by atoms with Gasteiger partial charge in [0.2, 0.25) is 5.91 Å². The number of hydrogen-bond acceptors (Lipinski definition) is 5. The molecule has 0 aliphatic rings. The maximum Gasteiger partial charge on any atom is 0.251 e. The summed E-state index contributed by atoms with van der Waals surface area (Å²) in [4.78, 5) is 25.0. The third-order valence-corrected chi connectivity index (χ3v) is 6.80. The van der Waals surface area contributed by atoms with Crippen molar-refractivity contribution in [2.45, 2.75) is 25.2 Å². The fourth-order valence-electron chi connectivity index (χ4n) is 3.42. The fourth-order valence-corrected chi connectivity index (χ4v) is 4.54. The van der Waals surface area contributed by atoms with Crippen molar-refractivity contribution in [2.24, 2.45) is 0 Å². The van der Waals surface area contributed by atoms with Crippen LogP contribution in [0.5, 0.6) is 0 Å².